The maximum atomic E-state index is 12.2. The first-order chi connectivity index (χ1) is 8.24. The molecular formula is C11H22N2O4. The van der Waals surface area contributed by atoms with Gasteiger partial charge in [0.25, 0.3) is 0 Å². The summed E-state index contributed by atoms with van der Waals surface area (Å²) in [5.74, 6) is -0.274. The SMILES string of the molecule is CCNC1COCC1C(=O)N(CCO)CCO. The highest BCUT2D eigenvalue weighted by Crippen LogP contribution is 2.16. The number of nitrogens with zero attached hydrogens (tertiary/aromatic N) is 1. The van der Waals surface area contributed by atoms with Gasteiger partial charge in [-0.1, -0.05) is 6.92 Å². The summed E-state index contributed by atoms with van der Waals surface area (Å²) in [6, 6.07) is 0.0346. The van der Waals surface area contributed by atoms with E-state index in [1.54, 1.807) is 0 Å². The summed E-state index contributed by atoms with van der Waals surface area (Å²) in [5, 5.41) is 21.0. The van der Waals surface area contributed by atoms with Crippen molar-refractivity contribution in [3.8, 4) is 0 Å². The quantitative estimate of drug-likeness (QED) is 0.505. The molecule has 1 saturated heterocycles. The molecule has 1 heterocycles. The van der Waals surface area contributed by atoms with E-state index in [9.17, 15) is 4.79 Å². The molecule has 1 aliphatic heterocycles. The van der Waals surface area contributed by atoms with E-state index in [2.05, 4.69) is 5.32 Å². The largest absolute Gasteiger partial charge is 0.395 e. The molecule has 0 saturated carbocycles. The monoisotopic (exact) mass is 246 g/mol. The fourth-order valence-electron chi connectivity index (χ4n) is 2.07. The molecule has 1 aliphatic rings. The molecule has 3 N–H and O–H groups in total. The molecule has 2 unspecified atom stereocenters. The number of ether oxygens (including phenoxy) is 1. The molecule has 0 aromatic carbocycles. The fraction of sp³-hybridized carbons (Fsp3) is 0.909. The van der Waals surface area contributed by atoms with Crippen LogP contribution in [0.4, 0.5) is 0 Å². The summed E-state index contributed by atoms with van der Waals surface area (Å²) in [7, 11) is 0. The Morgan fingerprint density at radius 3 is 2.53 bits per heavy atom. The van der Waals surface area contributed by atoms with Crippen LogP contribution in [0.5, 0.6) is 0 Å². The number of hydrogen-bond donors (Lipinski definition) is 3. The highest BCUT2D eigenvalue weighted by Gasteiger charge is 2.35. The first-order valence-electron chi connectivity index (χ1n) is 6.06. The van der Waals surface area contributed by atoms with Gasteiger partial charge in [-0.3, -0.25) is 4.79 Å². The third kappa shape index (κ3) is 3.92. The number of carbonyl (C=O) groups is 1. The van der Waals surface area contributed by atoms with Crippen molar-refractivity contribution in [3.05, 3.63) is 0 Å². The third-order valence-corrected chi connectivity index (χ3v) is 2.92. The average Bonchev–Trinajstić information content (AvgIpc) is 2.77. The zero-order chi connectivity index (χ0) is 12.7. The van der Waals surface area contributed by atoms with E-state index in [4.69, 9.17) is 14.9 Å². The van der Waals surface area contributed by atoms with E-state index in [-0.39, 0.29) is 44.2 Å². The lowest BCUT2D eigenvalue weighted by Crippen LogP contribution is -2.47. The molecule has 1 amide bonds. The predicted octanol–water partition coefficient (Wildman–Crippen LogP) is -1.58. The highest BCUT2D eigenvalue weighted by molar-refractivity contribution is 5.80. The molecule has 100 valence electrons. The van der Waals surface area contributed by atoms with Crippen LogP contribution in [0, 0.1) is 5.92 Å². The van der Waals surface area contributed by atoms with E-state index in [0.29, 0.717) is 13.2 Å². The molecule has 0 aromatic heterocycles. The number of rotatable bonds is 7. The van der Waals surface area contributed by atoms with Gasteiger partial charge in [-0.2, -0.15) is 0 Å². The van der Waals surface area contributed by atoms with Gasteiger partial charge < -0.3 is 25.2 Å². The Morgan fingerprint density at radius 1 is 1.35 bits per heavy atom. The molecule has 1 fully saturated rings. The molecule has 0 bridgehead atoms. The van der Waals surface area contributed by atoms with Gasteiger partial charge in [0.1, 0.15) is 0 Å². The lowest BCUT2D eigenvalue weighted by atomic mass is 10.0. The Labute approximate surface area is 102 Å². The van der Waals surface area contributed by atoms with Crippen LogP contribution in [0.25, 0.3) is 0 Å². The van der Waals surface area contributed by atoms with Crippen LogP contribution < -0.4 is 5.32 Å². The Balaban J connectivity index is 2.58. The molecule has 1 rings (SSSR count). The Kier molecular flexibility index (Phi) is 6.43. The lowest BCUT2D eigenvalue weighted by molar-refractivity contribution is -0.137. The van der Waals surface area contributed by atoms with Crippen LogP contribution in [0.3, 0.4) is 0 Å². The van der Waals surface area contributed by atoms with Gasteiger partial charge in [-0.25, -0.2) is 0 Å². The summed E-state index contributed by atoms with van der Waals surface area (Å²) in [6.07, 6.45) is 0. The van der Waals surface area contributed by atoms with E-state index in [0.717, 1.165) is 6.54 Å². The number of carbonyl (C=O) groups excluding carboxylic acids is 1. The van der Waals surface area contributed by atoms with Crippen LogP contribution in [0.1, 0.15) is 6.92 Å². The van der Waals surface area contributed by atoms with Crippen molar-refractivity contribution in [1.29, 1.82) is 0 Å². The second kappa shape index (κ2) is 7.60. The molecule has 17 heavy (non-hydrogen) atoms. The summed E-state index contributed by atoms with van der Waals surface area (Å²) >= 11 is 0. The third-order valence-electron chi connectivity index (χ3n) is 2.92. The maximum absolute atomic E-state index is 12.2. The van der Waals surface area contributed by atoms with E-state index in [1.807, 2.05) is 6.92 Å². The molecule has 0 spiro atoms. The number of hydrogen-bond acceptors (Lipinski definition) is 5. The van der Waals surface area contributed by atoms with E-state index < -0.39 is 0 Å². The first-order valence-corrected chi connectivity index (χ1v) is 6.06. The fourth-order valence-corrected chi connectivity index (χ4v) is 2.07. The zero-order valence-electron chi connectivity index (χ0n) is 10.3. The summed E-state index contributed by atoms with van der Waals surface area (Å²) < 4.78 is 5.31. The number of nitrogens with one attached hydrogen (secondary N) is 1. The highest BCUT2D eigenvalue weighted by atomic mass is 16.5. The van der Waals surface area contributed by atoms with Crippen molar-refractivity contribution in [2.24, 2.45) is 5.92 Å². The van der Waals surface area contributed by atoms with Crippen LogP contribution in [-0.2, 0) is 9.53 Å². The normalized spacial score (nSPS) is 23.9. The number of likely N-dealkylation sites (N-methyl/N-ethyl adjacent to an activating group) is 1. The second-order valence-corrected chi connectivity index (χ2v) is 4.08. The number of aliphatic hydroxyl groups excluding tert-OH is 2. The Bertz CT molecular complexity index is 232. The molecular weight excluding hydrogens is 224 g/mol. The van der Waals surface area contributed by atoms with E-state index >= 15 is 0 Å². The minimum atomic E-state index is -0.215. The topological polar surface area (TPSA) is 82.0 Å². The van der Waals surface area contributed by atoms with Crippen molar-refractivity contribution in [2.45, 2.75) is 13.0 Å². The predicted molar refractivity (Wildman–Crippen MR) is 62.5 cm³/mol. The van der Waals surface area contributed by atoms with E-state index in [1.165, 1.54) is 4.90 Å². The molecule has 6 heteroatoms. The van der Waals surface area contributed by atoms with Crippen molar-refractivity contribution in [1.82, 2.24) is 10.2 Å². The number of aliphatic hydroxyl groups is 2. The minimum absolute atomic E-state index is 0.0346. The lowest BCUT2D eigenvalue weighted by Gasteiger charge is -2.26. The molecule has 0 radical (unpaired) electrons. The molecule has 6 nitrogen and oxygen atoms in total. The standard InChI is InChI=1S/C11H22N2O4/c1-2-12-10-8-17-7-9(10)11(16)13(3-5-14)4-6-15/h9-10,12,14-15H,2-8H2,1H3. The summed E-state index contributed by atoms with van der Waals surface area (Å²) in [4.78, 5) is 13.7. The van der Waals surface area contributed by atoms with Gasteiger partial charge in [-0.05, 0) is 6.54 Å². The Hall–Kier alpha value is -0.690. The smallest absolute Gasteiger partial charge is 0.229 e. The second-order valence-electron chi connectivity index (χ2n) is 4.08. The first kappa shape index (κ1) is 14.4. The van der Waals surface area contributed by atoms with Crippen molar-refractivity contribution in [2.75, 3.05) is 46.1 Å². The van der Waals surface area contributed by atoms with Crippen LogP contribution in [0.2, 0.25) is 0 Å². The summed E-state index contributed by atoms with van der Waals surface area (Å²) in [6.45, 7) is 4.05. The van der Waals surface area contributed by atoms with Gasteiger partial charge in [0.15, 0.2) is 0 Å². The van der Waals surface area contributed by atoms with Gasteiger partial charge in [-0.15, -0.1) is 0 Å². The zero-order valence-corrected chi connectivity index (χ0v) is 10.3. The van der Waals surface area contributed by atoms with Crippen LogP contribution in [-0.4, -0.2) is 73.1 Å². The average molecular weight is 246 g/mol. The van der Waals surface area contributed by atoms with Crippen molar-refractivity contribution < 1.29 is 19.7 Å². The van der Waals surface area contributed by atoms with Crippen LogP contribution in [0.15, 0.2) is 0 Å². The number of amides is 1. The molecule has 0 aliphatic carbocycles. The maximum Gasteiger partial charge on any atom is 0.229 e. The molecule has 0 aromatic rings. The van der Waals surface area contributed by atoms with Gasteiger partial charge in [0, 0.05) is 19.1 Å². The van der Waals surface area contributed by atoms with Crippen molar-refractivity contribution >= 4 is 5.91 Å². The van der Waals surface area contributed by atoms with Crippen LogP contribution >= 0.6 is 0 Å². The molecule has 2 atom stereocenters. The van der Waals surface area contributed by atoms with Crippen molar-refractivity contribution in [3.63, 3.8) is 0 Å². The minimum Gasteiger partial charge on any atom is -0.395 e. The Morgan fingerprint density at radius 2 is 2.00 bits per heavy atom. The van der Waals surface area contributed by atoms with Gasteiger partial charge in [0.05, 0.1) is 32.3 Å². The van der Waals surface area contributed by atoms with Gasteiger partial charge >= 0.3 is 0 Å². The van der Waals surface area contributed by atoms with Gasteiger partial charge in [0.2, 0.25) is 5.91 Å². The summed E-state index contributed by atoms with van der Waals surface area (Å²) in [5.41, 5.74) is 0.